The van der Waals surface area contributed by atoms with E-state index in [0.29, 0.717) is 0 Å². The number of carboxylic acid groups (broad SMARTS) is 1. The highest BCUT2D eigenvalue weighted by Crippen LogP contribution is 2.32. The van der Waals surface area contributed by atoms with Crippen LogP contribution >= 0.6 is 11.8 Å². The smallest absolute Gasteiger partial charge is 0.371 e. The first-order valence-corrected chi connectivity index (χ1v) is 5.68. The van der Waals surface area contributed by atoms with Gasteiger partial charge in [-0.3, -0.25) is 0 Å². The molecule has 1 aromatic heterocycles. The molecule has 4 heteroatoms. The van der Waals surface area contributed by atoms with Gasteiger partial charge in [0.15, 0.2) is 0 Å². The van der Waals surface area contributed by atoms with E-state index < -0.39 is 5.97 Å². The van der Waals surface area contributed by atoms with Gasteiger partial charge in [-0.1, -0.05) is 13.8 Å². The van der Waals surface area contributed by atoms with Crippen LogP contribution in [-0.2, 0) is 0 Å². The highest BCUT2D eigenvalue weighted by molar-refractivity contribution is 7.99. The number of rotatable bonds is 5. The normalized spacial score (nSPS) is 12.7. The zero-order valence-electron chi connectivity index (χ0n) is 8.32. The minimum Gasteiger partial charge on any atom is -0.475 e. The van der Waals surface area contributed by atoms with Gasteiger partial charge in [-0.25, -0.2) is 4.79 Å². The van der Waals surface area contributed by atoms with E-state index in [0.717, 1.165) is 17.9 Å². The van der Waals surface area contributed by atoms with Crippen LogP contribution in [0.15, 0.2) is 16.5 Å². The molecule has 0 unspecified atom stereocenters. The summed E-state index contributed by atoms with van der Waals surface area (Å²) in [5.74, 6) is 0.779. The van der Waals surface area contributed by atoms with E-state index in [1.807, 2.05) is 0 Å². The van der Waals surface area contributed by atoms with Gasteiger partial charge in [0, 0.05) is 0 Å². The van der Waals surface area contributed by atoms with Crippen molar-refractivity contribution < 1.29 is 14.3 Å². The zero-order valence-corrected chi connectivity index (χ0v) is 9.13. The van der Waals surface area contributed by atoms with Gasteiger partial charge in [0.25, 0.3) is 0 Å². The molecule has 1 rings (SSSR count). The van der Waals surface area contributed by atoms with Crippen LogP contribution in [0, 0.1) is 0 Å². The summed E-state index contributed by atoms with van der Waals surface area (Å²) in [7, 11) is 0. The molecular weight excluding hydrogens is 200 g/mol. The van der Waals surface area contributed by atoms with Gasteiger partial charge < -0.3 is 9.52 Å². The minimum atomic E-state index is -1.01. The van der Waals surface area contributed by atoms with Crippen LogP contribution in [0.4, 0.5) is 0 Å². The van der Waals surface area contributed by atoms with Gasteiger partial charge in [0.2, 0.25) is 5.76 Å². The molecule has 1 aromatic rings. The lowest BCUT2D eigenvalue weighted by molar-refractivity contribution is 0.0660. The van der Waals surface area contributed by atoms with Gasteiger partial charge in [-0.05, 0) is 24.3 Å². The van der Waals surface area contributed by atoms with Gasteiger partial charge in [-0.2, -0.15) is 11.8 Å². The summed E-state index contributed by atoms with van der Waals surface area (Å²) in [6.07, 6.45) is 0.949. The molecule has 1 heterocycles. The van der Waals surface area contributed by atoms with Crippen molar-refractivity contribution in [1.29, 1.82) is 0 Å². The van der Waals surface area contributed by atoms with E-state index in [9.17, 15) is 4.79 Å². The Labute approximate surface area is 87.5 Å². The molecule has 78 valence electrons. The lowest BCUT2D eigenvalue weighted by Gasteiger charge is -2.09. The molecule has 0 radical (unpaired) electrons. The Balaban J connectivity index is 2.78. The third-order valence-electron chi connectivity index (χ3n) is 1.89. The molecule has 0 saturated heterocycles. The second-order valence-electron chi connectivity index (χ2n) is 2.86. The fourth-order valence-electron chi connectivity index (χ4n) is 1.24. The first kappa shape index (κ1) is 11.2. The Bertz CT molecular complexity index is 306. The first-order chi connectivity index (χ1) is 6.69. The second-order valence-corrected chi connectivity index (χ2v) is 4.34. The molecule has 0 aliphatic heterocycles. The van der Waals surface area contributed by atoms with Gasteiger partial charge >= 0.3 is 5.97 Å². The van der Waals surface area contributed by atoms with Crippen molar-refractivity contribution in [2.45, 2.75) is 25.5 Å². The summed E-state index contributed by atoms with van der Waals surface area (Å²) >= 11 is 1.77. The maximum atomic E-state index is 10.6. The molecule has 0 amide bonds. The van der Waals surface area contributed by atoms with E-state index in [4.69, 9.17) is 9.52 Å². The third kappa shape index (κ3) is 2.54. The minimum absolute atomic E-state index is 0.0233. The number of thioether (sulfide) groups is 1. The van der Waals surface area contributed by atoms with Gasteiger partial charge in [0.1, 0.15) is 5.76 Å². The van der Waals surface area contributed by atoms with Crippen molar-refractivity contribution in [3.8, 4) is 0 Å². The van der Waals surface area contributed by atoms with Crippen molar-refractivity contribution >= 4 is 17.7 Å². The zero-order chi connectivity index (χ0) is 10.6. The van der Waals surface area contributed by atoms with Crippen LogP contribution in [0.2, 0.25) is 0 Å². The number of hydrogen-bond acceptors (Lipinski definition) is 3. The predicted octanol–water partition coefficient (Wildman–Crippen LogP) is 3.18. The topological polar surface area (TPSA) is 50.4 Å². The SMILES string of the molecule is CCS[C@H](CC)c1ccc(C(=O)O)o1. The average Bonchev–Trinajstić information content (AvgIpc) is 2.63. The van der Waals surface area contributed by atoms with Gasteiger partial charge in [0.05, 0.1) is 5.25 Å². The molecule has 3 nitrogen and oxygen atoms in total. The molecule has 0 aromatic carbocycles. The lowest BCUT2D eigenvalue weighted by atomic mass is 10.3. The molecule has 0 saturated carbocycles. The van der Waals surface area contributed by atoms with E-state index in [-0.39, 0.29) is 11.0 Å². The van der Waals surface area contributed by atoms with Gasteiger partial charge in [-0.15, -0.1) is 0 Å². The summed E-state index contributed by atoms with van der Waals surface area (Å²) in [6, 6.07) is 3.26. The molecule has 0 spiro atoms. The highest BCUT2D eigenvalue weighted by Gasteiger charge is 2.15. The van der Waals surface area contributed by atoms with E-state index >= 15 is 0 Å². The van der Waals surface area contributed by atoms with Crippen LogP contribution in [0.5, 0.6) is 0 Å². The van der Waals surface area contributed by atoms with Crippen LogP contribution in [-0.4, -0.2) is 16.8 Å². The summed E-state index contributed by atoms with van der Waals surface area (Å²) in [4.78, 5) is 10.6. The Hall–Kier alpha value is -0.900. The summed E-state index contributed by atoms with van der Waals surface area (Å²) in [5.41, 5.74) is 0. The fraction of sp³-hybridized carbons (Fsp3) is 0.500. The molecule has 0 aliphatic rings. The number of carbonyl (C=O) groups is 1. The summed E-state index contributed by atoms with van der Waals surface area (Å²) in [5, 5.41) is 8.95. The summed E-state index contributed by atoms with van der Waals surface area (Å²) < 4.78 is 5.23. The maximum Gasteiger partial charge on any atom is 0.371 e. The Morgan fingerprint density at radius 2 is 2.29 bits per heavy atom. The molecule has 0 aliphatic carbocycles. The molecular formula is C10H14O3S. The predicted molar refractivity (Wildman–Crippen MR) is 56.8 cm³/mol. The van der Waals surface area contributed by atoms with Crippen LogP contribution < -0.4 is 0 Å². The fourth-order valence-corrected chi connectivity index (χ4v) is 2.17. The van der Waals surface area contributed by atoms with E-state index in [1.165, 1.54) is 6.07 Å². The first-order valence-electron chi connectivity index (χ1n) is 4.63. The van der Waals surface area contributed by atoms with Crippen molar-refractivity contribution in [3.63, 3.8) is 0 Å². The quantitative estimate of drug-likeness (QED) is 0.817. The lowest BCUT2D eigenvalue weighted by Crippen LogP contribution is -1.93. The van der Waals surface area contributed by atoms with Crippen LogP contribution in [0.1, 0.15) is 41.8 Å². The van der Waals surface area contributed by atoms with Crippen LogP contribution in [0.25, 0.3) is 0 Å². The molecule has 0 bridgehead atoms. The monoisotopic (exact) mass is 214 g/mol. The highest BCUT2D eigenvalue weighted by atomic mass is 32.2. The second kappa shape index (κ2) is 5.10. The van der Waals surface area contributed by atoms with E-state index in [2.05, 4.69) is 13.8 Å². The van der Waals surface area contributed by atoms with Crippen molar-refractivity contribution in [2.75, 3.05) is 5.75 Å². The van der Waals surface area contributed by atoms with Crippen molar-refractivity contribution in [3.05, 3.63) is 23.7 Å². The Morgan fingerprint density at radius 3 is 2.71 bits per heavy atom. The third-order valence-corrected chi connectivity index (χ3v) is 3.19. The number of aromatic carboxylic acids is 1. The van der Waals surface area contributed by atoms with Crippen molar-refractivity contribution in [1.82, 2.24) is 0 Å². The summed E-state index contributed by atoms with van der Waals surface area (Å²) in [6.45, 7) is 4.14. The molecule has 0 fully saturated rings. The average molecular weight is 214 g/mol. The standard InChI is InChI=1S/C10H14O3S/c1-3-9(14-4-2)7-5-6-8(13-7)10(11)12/h5-6,9H,3-4H2,1-2H3,(H,11,12)/t9-/m1/s1. The van der Waals surface area contributed by atoms with E-state index in [1.54, 1.807) is 17.8 Å². The number of hydrogen-bond donors (Lipinski definition) is 1. The molecule has 14 heavy (non-hydrogen) atoms. The Morgan fingerprint density at radius 1 is 1.57 bits per heavy atom. The maximum absolute atomic E-state index is 10.6. The molecule has 1 atom stereocenters. The number of carboxylic acids is 1. The number of furan rings is 1. The largest absolute Gasteiger partial charge is 0.475 e. The van der Waals surface area contributed by atoms with Crippen LogP contribution in [0.3, 0.4) is 0 Å². The van der Waals surface area contributed by atoms with Crippen molar-refractivity contribution in [2.24, 2.45) is 0 Å². The Kier molecular flexibility index (Phi) is 4.07. The molecule has 1 N–H and O–H groups in total.